The van der Waals surface area contributed by atoms with Crippen molar-refractivity contribution < 1.29 is 14.6 Å². The number of aryl methyl sites for hydroxylation is 2. The van der Waals surface area contributed by atoms with Crippen LogP contribution in [0.5, 0.6) is 11.5 Å². The summed E-state index contributed by atoms with van der Waals surface area (Å²) in [6.45, 7) is 4.01. The van der Waals surface area contributed by atoms with Gasteiger partial charge in [-0.3, -0.25) is 4.79 Å². The van der Waals surface area contributed by atoms with Gasteiger partial charge in [0.25, 0.3) is 5.91 Å². The SMILES string of the molecule is Cc1ccc(OCNC(=O)c2ccc3ccccc3c2O)c(C)c1. The number of phenolic OH excluding ortho intramolecular Hbond substituents is 1. The van der Waals surface area contributed by atoms with Crippen molar-refractivity contribution >= 4 is 16.7 Å². The molecule has 0 spiro atoms. The van der Waals surface area contributed by atoms with E-state index in [0.29, 0.717) is 5.39 Å². The Morgan fingerprint density at radius 2 is 1.88 bits per heavy atom. The third kappa shape index (κ3) is 3.18. The van der Waals surface area contributed by atoms with Crippen molar-refractivity contribution in [3.8, 4) is 11.5 Å². The lowest BCUT2D eigenvalue weighted by atomic mass is 10.1. The van der Waals surface area contributed by atoms with Gasteiger partial charge >= 0.3 is 0 Å². The van der Waals surface area contributed by atoms with Crippen LogP contribution in [0.3, 0.4) is 0 Å². The second-order valence-electron chi connectivity index (χ2n) is 5.75. The molecule has 0 fully saturated rings. The lowest BCUT2D eigenvalue weighted by Gasteiger charge is -2.12. The van der Waals surface area contributed by atoms with Crippen LogP contribution in [0.15, 0.2) is 54.6 Å². The second-order valence-corrected chi connectivity index (χ2v) is 5.75. The van der Waals surface area contributed by atoms with E-state index in [0.717, 1.165) is 22.3 Å². The van der Waals surface area contributed by atoms with Crippen LogP contribution in [0, 0.1) is 13.8 Å². The van der Waals surface area contributed by atoms with Crippen LogP contribution in [0.2, 0.25) is 0 Å². The van der Waals surface area contributed by atoms with Gasteiger partial charge in [-0.1, -0.05) is 48.0 Å². The summed E-state index contributed by atoms with van der Waals surface area (Å²) in [6.07, 6.45) is 0. The first-order chi connectivity index (χ1) is 11.6. The van der Waals surface area contributed by atoms with Crippen LogP contribution < -0.4 is 10.1 Å². The van der Waals surface area contributed by atoms with Gasteiger partial charge in [-0.15, -0.1) is 0 Å². The van der Waals surface area contributed by atoms with Gasteiger partial charge < -0.3 is 15.2 Å². The number of fused-ring (bicyclic) bond motifs is 1. The molecule has 3 aromatic carbocycles. The van der Waals surface area contributed by atoms with Gasteiger partial charge in [-0.25, -0.2) is 0 Å². The van der Waals surface area contributed by atoms with E-state index in [4.69, 9.17) is 4.74 Å². The summed E-state index contributed by atoms with van der Waals surface area (Å²) in [5.41, 5.74) is 2.40. The maximum Gasteiger partial charge on any atom is 0.257 e. The van der Waals surface area contributed by atoms with Gasteiger partial charge in [0.05, 0.1) is 5.56 Å². The summed E-state index contributed by atoms with van der Waals surface area (Å²) in [6, 6.07) is 16.7. The number of hydrogen-bond acceptors (Lipinski definition) is 3. The van der Waals surface area contributed by atoms with Crippen molar-refractivity contribution in [1.29, 1.82) is 0 Å². The molecule has 0 aliphatic heterocycles. The lowest BCUT2D eigenvalue weighted by molar-refractivity contribution is 0.0916. The molecular formula is C20H19NO3. The van der Waals surface area contributed by atoms with Crippen molar-refractivity contribution in [3.05, 3.63) is 71.3 Å². The summed E-state index contributed by atoms with van der Waals surface area (Å²) < 4.78 is 5.60. The average molecular weight is 321 g/mol. The second kappa shape index (κ2) is 6.62. The molecule has 0 saturated heterocycles. The van der Waals surface area contributed by atoms with Gasteiger partial charge in [0.15, 0.2) is 6.73 Å². The number of ether oxygens (including phenoxy) is 1. The van der Waals surface area contributed by atoms with Crippen LogP contribution in [-0.4, -0.2) is 17.7 Å². The number of phenols is 1. The number of hydrogen-bond donors (Lipinski definition) is 2. The zero-order valence-electron chi connectivity index (χ0n) is 13.7. The highest BCUT2D eigenvalue weighted by Crippen LogP contribution is 2.28. The Kier molecular flexibility index (Phi) is 4.38. The molecule has 3 rings (SSSR count). The summed E-state index contributed by atoms with van der Waals surface area (Å²) >= 11 is 0. The van der Waals surface area contributed by atoms with Gasteiger partial charge in [0.2, 0.25) is 0 Å². The molecule has 0 aromatic heterocycles. The highest BCUT2D eigenvalue weighted by Gasteiger charge is 2.13. The van der Waals surface area contributed by atoms with Gasteiger partial charge in [-0.05, 0) is 36.9 Å². The van der Waals surface area contributed by atoms with Crippen molar-refractivity contribution in [1.82, 2.24) is 5.32 Å². The quantitative estimate of drug-likeness (QED) is 0.716. The molecule has 122 valence electrons. The van der Waals surface area contributed by atoms with Crippen LogP contribution in [-0.2, 0) is 0 Å². The zero-order valence-corrected chi connectivity index (χ0v) is 13.7. The number of carbonyl (C=O) groups is 1. The van der Waals surface area contributed by atoms with Gasteiger partial charge in [-0.2, -0.15) is 0 Å². The van der Waals surface area contributed by atoms with E-state index in [1.54, 1.807) is 12.1 Å². The molecule has 3 aromatic rings. The number of rotatable bonds is 4. The summed E-state index contributed by atoms with van der Waals surface area (Å²) in [4.78, 5) is 12.3. The van der Waals surface area contributed by atoms with Crippen molar-refractivity contribution in [2.45, 2.75) is 13.8 Å². The van der Waals surface area contributed by atoms with Crippen LogP contribution in [0.1, 0.15) is 21.5 Å². The molecular weight excluding hydrogens is 302 g/mol. The van der Waals surface area contributed by atoms with Crippen molar-refractivity contribution in [3.63, 3.8) is 0 Å². The molecule has 0 aliphatic carbocycles. The predicted octanol–water partition coefficient (Wildman–Crippen LogP) is 3.93. The number of nitrogens with one attached hydrogen (secondary N) is 1. The largest absolute Gasteiger partial charge is 0.506 e. The maximum atomic E-state index is 12.3. The average Bonchev–Trinajstić information content (AvgIpc) is 2.57. The molecule has 0 aliphatic rings. The Labute approximate surface area is 140 Å². The van der Waals surface area contributed by atoms with E-state index in [9.17, 15) is 9.90 Å². The van der Waals surface area contributed by atoms with Crippen molar-refractivity contribution in [2.24, 2.45) is 0 Å². The minimum absolute atomic E-state index is 0.0166. The van der Waals surface area contributed by atoms with E-state index in [1.165, 1.54) is 0 Å². The Morgan fingerprint density at radius 3 is 2.67 bits per heavy atom. The Bertz CT molecular complexity index is 903. The zero-order chi connectivity index (χ0) is 17.1. The minimum atomic E-state index is -0.372. The maximum absolute atomic E-state index is 12.3. The van der Waals surface area contributed by atoms with Gasteiger partial charge in [0.1, 0.15) is 11.5 Å². The monoisotopic (exact) mass is 321 g/mol. The third-order valence-corrected chi connectivity index (χ3v) is 3.94. The molecule has 0 heterocycles. The first kappa shape index (κ1) is 15.9. The van der Waals surface area contributed by atoms with E-state index < -0.39 is 0 Å². The smallest absolute Gasteiger partial charge is 0.257 e. The van der Waals surface area contributed by atoms with Crippen LogP contribution >= 0.6 is 0 Å². The lowest BCUT2D eigenvalue weighted by Crippen LogP contribution is -2.27. The first-order valence-corrected chi connectivity index (χ1v) is 7.75. The van der Waals surface area contributed by atoms with Crippen LogP contribution in [0.25, 0.3) is 10.8 Å². The molecule has 4 heteroatoms. The van der Waals surface area contributed by atoms with E-state index >= 15 is 0 Å². The highest BCUT2D eigenvalue weighted by atomic mass is 16.5. The summed E-state index contributed by atoms with van der Waals surface area (Å²) in [5.74, 6) is 0.337. The molecule has 0 radical (unpaired) electrons. The molecule has 24 heavy (non-hydrogen) atoms. The number of amides is 1. The number of aromatic hydroxyl groups is 1. The Hall–Kier alpha value is -3.01. The topological polar surface area (TPSA) is 58.6 Å². The van der Waals surface area contributed by atoms with Gasteiger partial charge in [0, 0.05) is 5.39 Å². The number of benzene rings is 3. The predicted molar refractivity (Wildman–Crippen MR) is 94.5 cm³/mol. The molecule has 4 nitrogen and oxygen atoms in total. The van der Waals surface area contributed by atoms with E-state index in [2.05, 4.69) is 5.32 Å². The molecule has 0 bridgehead atoms. The molecule has 2 N–H and O–H groups in total. The third-order valence-electron chi connectivity index (χ3n) is 3.94. The van der Waals surface area contributed by atoms with E-state index in [-0.39, 0.29) is 24.0 Å². The highest BCUT2D eigenvalue weighted by molar-refractivity contribution is 6.03. The number of carbonyl (C=O) groups excluding carboxylic acids is 1. The molecule has 0 atom stereocenters. The fourth-order valence-electron chi connectivity index (χ4n) is 2.67. The molecule has 1 amide bonds. The fraction of sp³-hybridized carbons (Fsp3) is 0.150. The minimum Gasteiger partial charge on any atom is -0.506 e. The Morgan fingerprint density at radius 1 is 1.08 bits per heavy atom. The first-order valence-electron chi connectivity index (χ1n) is 7.75. The van der Waals surface area contributed by atoms with Crippen molar-refractivity contribution in [2.75, 3.05) is 6.73 Å². The molecule has 0 saturated carbocycles. The van der Waals surface area contributed by atoms with E-state index in [1.807, 2.05) is 56.3 Å². The van der Waals surface area contributed by atoms with Crippen LogP contribution in [0.4, 0.5) is 0 Å². The normalized spacial score (nSPS) is 10.6. The summed E-state index contributed by atoms with van der Waals surface area (Å²) in [5, 5.41) is 14.5. The Balaban J connectivity index is 1.70. The standard InChI is InChI=1S/C20H19NO3/c1-13-7-10-18(14(2)11-13)24-12-21-20(23)17-9-8-15-5-3-4-6-16(15)19(17)22/h3-11,22H,12H2,1-2H3,(H,21,23). The fourth-order valence-corrected chi connectivity index (χ4v) is 2.67. The molecule has 0 unspecified atom stereocenters. The summed E-state index contributed by atoms with van der Waals surface area (Å²) in [7, 11) is 0.